The van der Waals surface area contributed by atoms with Crippen molar-refractivity contribution in [2.75, 3.05) is 19.8 Å². The largest absolute Gasteiger partial charge is 0.490 e. The minimum atomic E-state index is -3.64. The molecular formula is C19H23NO5S. The monoisotopic (exact) mass is 377 g/mol. The fourth-order valence-electron chi connectivity index (χ4n) is 2.55. The third-order valence-electron chi connectivity index (χ3n) is 3.99. The number of benzene rings is 2. The van der Waals surface area contributed by atoms with Gasteiger partial charge < -0.3 is 14.2 Å². The maximum absolute atomic E-state index is 12.6. The Balaban J connectivity index is 1.66. The highest BCUT2D eigenvalue weighted by molar-refractivity contribution is 7.89. The molecule has 0 bridgehead atoms. The highest BCUT2D eigenvalue weighted by Gasteiger charge is 2.18. The van der Waals surface area contributed by atoms with E-state index in [4.69, 9.17) is 14.2 Å². The molecule has 3 rings (SSSR count). The molecule has 0 amide bonds. The Kier molecular flexibility index (Phi) is 6.13. The molecule has 2 aromatic rings. The molecule has 0 saturated heterocycles. The molecule has 1 aliphatic heterocycles. The Morgan fingerprint density at radius 3 is 2.42 bits per heavy atom. The molecule has 1 N–H and O–H groups in total. The van der Waals surface area contributed by atoms with Crippen LogP contribution in [0.15, 0.2) is 47.4 Å². The van der Waals surface area contributed by atoms with Crippen molar-refractivity contribution in [2.24, 2.45) is 0 Å². The Morgan fingerprint density at radius 2 is 1.69 bits per heavy atom. The maximum atomic E-state index is 12.6. The highest BCUT2D eigenvalue weighted by Crippen LogP contribution is 2.31. The quantitative estimate of drug-likeness (QED) is 0.803. The van der Waals surface area contributed by atoms with Crippen LogP contribution in [0, 0.1) is 0 Å². The predicted octanol–water partition coefficient (Wildman–Crippen LogP) is 2.86. The van der Waals surface area contributed by atoms with Gasteiger partial charge in [-0.2, -0.15) is 0 Å². The molecule has 1 aliphatic rings. The van der Waals surface area contributed by atoms with Crippen molar-refractivity contribution in [2.45, 2.75) is 31.4 Å². The second-order valence-corrected chi connectivity index (χ2v) is 7.70. The third kappa shape index (κ3) is 4.75. The van der Waals surface area contributed by atoms with Crippen molar-refractivity contribution >= 4 is 10.0 Å². The van der Waals surface area contributed by atoms with Gasteiger partial charge in [0.15, 0.2) is 11.5 Å². The number of fused-ring (bicyclic) bond motifs is 1. The first-order chi connectivity index (χ1) is 12.6. The van der Waals surface area contributed by atoms with E-state index in [0.717, 1.165) is 17.5 Å². The lowest BCUT2D eigenvalue weighted by molar-refractivity contribution is 0.134. The van der Waals surface area contributed by atoms with Crippen molar-refractivity contribution < 1.29 is 22.6 Å². The fourth-order valence-corrected chi connectivity index (χ4v) is 3.58. The van der Waals surface area contributed by atoms with Crippen molar-refractivity contribution in [3.8, 4) is 11.5 Å². The molecule has 2 aromatic carbocycles. The summed E-state index contributed by atoms with van der Waals surface area (Å²) in [6, 6.07) is 12.3. The predicted molar refractivity (Wildman–Crippen MR) is 97.8 cm³/mol. The zero-order valence-corrected chi connectivity index (χ0v) is 15.6. The summed E-state index contributed by atoms with van der Waals surface area (Å²) in [5.41, 5.74) is 1.93. The Bertz CT molecular complexity index is 834. The van der Waals surface area contributed by atoms with Gasteiger partial charge in [0, 0.05) is 25.6 Å². The summed E-state index contributed by atoms with van der Waals surface area (Å²) in [5.74, 6) is 1.04. The normalized spacial score (nSPS) is 14.0. The second kappa shape index (κ2) is 8.53. The molecule has 0 spiro atoms. The average Bonchev–Trinajstić information content (AvgIpc) is 2.90. The molecule has 0 fully saturated rings. The molecule has 0 radical (unpaired) electrons. The van der Waals surface area contributed by atoms with E-state index in [-0.39, 0.29) is 11.4 Å². The Labute approximate surface area is 154 Å². The lowest BCUT2D eigenvalue weighted by Gasteiger charge is -2.11. The molecule has 6 nitrogen and oxygen atoms in total. The van der Waals surface area contributed by atoms with E-state index in [1.54, 1.807) is 6.07 Å². The van der Waals surface area contributed by atoms with Gasteiger partial charge in [-0.1, -0.05) is 24.3 Å². The van der Waals surface area contributed by atoms with Gasteiger partial charge >= 0.3 is 0 Å². The third-order valence-corrected chi connectivity index (χ3v) is 5.39. The number of nitrogens with one attached hydrogen (secondary N) is 1. The maximum Gasteiger partial charge on any atom is 0.241 e. The SMILES string of the molecule is CCOCc1ccc(CNS(=O)(=O)c2ccc3c(c2)OCCCO3)cc1. The molecule has 7 heteroatoms. The van der Waals surface area contributed by atoms with Crippen molar-refractivity contribution in [3.05, 3.63) is 53.6 Å². The van der Waals surface area contributed by atoms with Crippen LogP contribution in [0.2, 0.25) is 0 Å². The van der Waals surface area contributed by atoms with Crippen LogP contribution in [0.4, 0.5) is 0 Å². The van der Waals surface area contributed by atoms with E-state index in [1.807, 2.05) is 31.2 Å². The number of hydrogen-bond acceptors (Lipinski definition) is 5. The van der Waals surface area contributed by atoms with Gasteiger partial charge in [0.1, 0.15) is 0 Å². The molecule has 0 atom stereocenters. The minimum Gasteiger partial charge on any atom is -0.490 e. The van der Waals surface area contributed by atoms with Gasteiger partial charge in [-0.3, -0.25) is 0 Å². The van der Waals surface area contributed by atoms with E-state index in [0.29, 0.717) is 37.9 Å². The van der Waals surface area contributed by atoms with Crippen LogP contribution in [-0.4, -0.2) is 28.2 Å². The molecule has 0 saturated carbocycles. The van der Waals surface area contributed by atoms with Gasteiger partial charge in [-0.25, -0.2) is 13.1 Å². The first-order valence-corrected chi connectivity index (χ1v) is 10.1. The molecule has 0 unspecified atom stereocenters. The number of ether oxygens (including phenoxy) is 3. The van der Waals surface area contributed by atoms with E-state index < -0.39 is 10.0 Å². The summed E-state index contributed by atoms with van der Waals surface area (Å²) in [7, 11) is -3.64. The van der Waals surface area contributed by atoms with Crippen LogP contribution >= 0.6 is 0 Å². The number of sulfonamides is 1. The zero-order valence-electron chi connectivity index (χ0n) is 14.7. The van der Waals surface area contributed by atoms with E-state index >= 15 is 0 Å². The van der Waals surface area contributed by atoms with Crippen LogP contribution < -0.4 is 14.2 Å². The van der Waals surface area contributed by atoms with Gasteiger partial charge in [-0.15, -0.1) is 0 Å². The average molecular weight is 377 g/mol. The lowest BCUT2D eigenvalue weighted by atomic mass is 10.1. The summed E-state index contributed by atoms with van der Waals surface area (Å²) in [5, 5.41) is 0. The van der Waals surface area contributed by atoms with Crippen LogP contribution in [0.25, 0.3) is 0 Å². The lowest BCUT2D eigenvalue weighted by Crippen LogP contribution is -2.23. The Morgan fingerprint density at radius 1 is 1.00 bits per heavy atom. The van der Waals surface area contributed by atoms with Gasteiger partial charge in [0.05, 0.1) is 24.7 Å². The van der Waals surface area contributed by atoms with E-state index in [9.17, 15) is 8.42 Å². The molecule has 140 valence electrons. The van der Waals surface area contributed by atoms with Crippen LogP contribution in [0.1, 0.15) is 24.5 Å². The molecule has 0 aromatic heterocycles. The summed E-state index contributed by atoms with van der Waals surface area (Å²) in [6.07, 6.45) is 0.772. The topological polar surface area (TPSA) is 73.9 Å². The van der Waals surface area contributed by atoms with Gasteiger partial charge in [0.2, 0.25) is 10.0 Å². The molecule has 0 aliphatic carbocycles. The first kappa shape index (κ1) is 18.7. The van der Waals surface area contributed by atoms with Crippen molar-refractivity contribution in [3.63, 3.8) is 0 Å². The molecule has 1 heterocycles. The van der Waals surface area contributed by atoms with E-state index in [2.05, 4.69) is 4.72 Å². The highest BCUT2D eigenvalue weighted by atomic mass is 32.2. The minimum absolute atomic E-state index is 0.162. The zero-order chi connectivity index (χ0) is 18.4. The Hall–Kier alpha value is -2.09. The summed E-state index contributed by atoms with van der Waals surface area (Å²) in [6.45, 7) is 4.46. The smallest absolute Gasteiger partial charge is 0.241 e. The van der Waals surface area contributed by atoms with Gasteiger partial charge in [-0.05, 0) is 30.2 Å². The second-order valence-electron chi connectivity index (χ2n) is 5.94. The summed E-state index contributed by atoms with van der Waals surface area (Å²) >= 11 is 0. The van der Waals surface area contributed by atoms with E-state index in [1.165, 1.54) is 12.1 Å². The van der Waals surface area contributed by atoms with Crippen molar-refractivity contribution in [1.82, 2.24) is 4.72 Å². The summed E-state index contributed by atoms with van der Waals surface area (Å²) in [4.78, 5) is 0.162. The van der Waals surface area contributed by atoms with Gasteiger partial charge in [0.25, 0.3) is 0 Å². The first-order valence-electron chi connectivity index (χ1n) is 8.63. The number of hydrogen-bond donors (Lipinski definition) is 1. The van der Waals surface area contributed by atoms with Crippen LogP contribution in [0.5, 0.6) is 11.5 Å². The molecule has 26 heavy (non-hydrogen) atoms. The standard InChI is InChI=1S/C19H23NO5S/c1-2-23-14-16-6-4-15(5-7-16)13-20-26(21,22)17-8-9-18-19(12-17)25-11-3-10-24-18/h4-9,12,20H,2-3,10-11,13-14H2,1H3. The van der Waals surface area contributed by atoms with Crippen molar-refractivity contribution in [1.29, 1.82) is 0 Å². The summed E-state index contributed by atoms with van der Waals surface area (Å²) < 4.78 is 44.2. The van der Waals surface area contributed by atoms with Crippen LogP contribution in [0.3, 0.4) is 0 Å². The molecular weight excluding hydrogens is 354 g/mol. The fraction of sp³-hybridized carbons (Fsp3) is 0.368. The van der Waals surface area contributed by atoms with Crippen LogP contribution in [-0.2, 0) is 27.9 Å². The number of rotatable bonds is 7.